The molecule has 0 aliphatic carbocycles. The normalized spacial score (nSPS) is 12.7. The van der Waals surface area contributed by atoms with Gasteiger partial charge in [-0.3, -0.25) is 4.79 Å². The number of hydrogen-bond acceptors (Lipinski definition) is 6. The molecule has 1 heterocycles. The van der Waals surface area contributed by atoms with Crippen LogP contribution in [0.15, 0.2) is 17.3 Å². The third-order valence-corrected chi connectivity index (χ3v) is 4.77. The Morgan fingerprint density at radius 1 is 1.42 bits per heavy atom. The van der Waals surface area contributed by atoms with Gasteiger partial charge in [-0.2, -0.15) is 13.2 Å². The fourth-order valence-corrected chi connectivity index (χ4v) is 2.85. The fraction of sp³-hybridized carbons (Fsp3) is 0.357. The number of methoxy groups -OCH3 is 1. The molecule has 26 heavy (non-hydrogen) atoms. The first-order valence-electron chi connectivity index (χ1n) is 7.14. The van der Waals surface area contributed by atoms with E-state index in [9.17, 15) is 18.0 Å². The van der Waals surface area contributed by atoms with Crippen molar-refractivity contribution in [3.8, 4) is 5.75 Å². The molecule has 0 bridgehead atoms. The van der Waals surface area contributed by atoms with Gasteiger partial charge in [0.05, 0.1) is 18.0 Å². The molecule has 0 radical (unpaired) electrons. The Kier molecular flexibility index (Phi) is 5.91. The average Bonchev–Trinajstić information content (AvgIpc) is 2.91. The zero-order chi connectivity index (χ0) is 19.6. The predicted molar refractivity (Wildman–Crippen MR) is 91.9 cm³/mol. The van der Waals surface area contributed by atoms with E-state index in [0.717, 1.165) is 17.3 Å². The van der Waals surface area contributed by atoms with Crippen LogP contribution in [0.4, 0.5) is 18.9 Å². The molecule has 0 aliphatic rings. The average molecular weight is 410 g/mol. The van der Waals surface area contributed by atoms with E-state index in [4.69, 9.17) is 22.2 Å². The number of nitrogens with zero attached hydrogens (tertiary/aromatic N) is 3. The van der Waals surface area contributed by atoms with Crippen molar-refractivity contribution in [3.05, 3.63) is 28.5 Å². The minimum absolute atomic E-state index is 0.237. The van der Waals surface area contributed by atoms with Crippen molar-refractivity contribution in [3.63, 3.8) is 0 Å². The van der Waals surface area contributed by atoms with Gasteiger partial charge in [0.25, 0.3) is 5.82 Å². The summed E-state index contributed by atoms with van der Waals surface area (Å²) in [6.07, 6.45) is -4.74. The van der Waals surface area contributed by atoms with Gasteiger partial charge in [0.15, 0.2) is 0 Å². The highest BCUT2D eigenvalue weighted by molar-refractivity contribution is 8.00. The van der Waals surface area contributed by atoms with Crippen molar-refractivity contribution < 1.29 is 22.7 Å². The Morgan fingerprint density at radius 2 is 2.08 bits per heavy atom. The molecular weight excluding hydrogens is 395 g/mol. The zero-order valence-corrected chi connectivity index (χ0v) is 15.5. The van der Waals surface area contributed by atoms with Gasteiger partial charge in [0.1, 0.15) is 5.75 Å². The second-order valence-corrected chi connectivity index (χ2v) is 6.94. The van der Waals surface area contributed by atoms with Crippen LogP contribution in [0, 0.1) is 6.92 Å². The molecule has 2 rings (SSSR count). The zero-order valence-electron chi connectivity index (χ0n) is 13.9. The van der Waals surface area contributed by atoms with Gasteiger partial charge in [-0.15, -0.1) is 10.2 Å². The maximum Gasteiger partial charge on any atom is 0.453 e. The molecule has 1 aromatic carbocycles. The van der Waals surface area contributed by atoms with E-state index in [0.29, 0.717) is 21.1 Å². The van der Waals surface area contributed by atoms with Gasteiger partial charge in [-0.25, -0.2) is 4.68 Å². The minimum Gasteiger partial charge on any atom is -0.495 e. The number of anilines is 1. The molecule has 0 saturated carbocycles. The summed E-state index contributed by atoms with van der Waals surface area (Å²) >= 11 is 6.75. The van der Waals surface area contributed by atoms with Crippen LogP contribution < -0.4 is 15.9 Å². The standard InChI is InChI=1S/C14H15ClF3N5O2S/c1-6-4-9(10(25-3)5-8(6)15)20-11(24)7(2)26-13-22-21-12(23(13)19)14(16,17)18/h4-5,7H,19H2,1-3H3,(H,20,24). The topological polar surface area (TPSA) is 95.1 Å². The molecule has 0 spiro atoms. The van der Waals surface area contributed by atoms with Gasteiger partial charge >= 0.3 is 6.18 Å². The maximum atomic E-state index is 12.7. The molecule has 1 amide bonds. The lowest BCUT2D eigenvalue weighted by Crippen LogP contribution is -2.25. The van der Waals surface area contributed by atoms with E-state index in [1.807, 2.05) is 0 Å². The van der Waals surface area contributed by atoms with E-state index < -0.39 is 23.2 Å². The first-order valence-corrected chi connectivity index (χ1v) is 8.39. The molecule has 142 valence electrons. The van der Waals surface area contributed by atoms with Crippen LogP contribution in [0.2, 0.25) is 5.02 Å². The van der Waals surface area contributed by atoms with Gasteiger partial charge in [0, 0.05) is 11.1 Å². The summed E-state index contributed by atoms with van der Waals surface area (Å²) in [6, 6.07) is 3.18. The highest BCUT2D eigenvalue weighted by Crippen LogP contribution is 2.33. The van der Waals surface area contributed by atoms with Crippen molar-refractivity contribution in [1.29, 1.82) is 0 Å². The first kappa shape index (κ1) is 20.2. The second kappa shape index (κ2) is 7.62. The van der Waals surface area contributed by atoms with Crippen molar-refractivity contribution in [2.45, 2.75) is 30.4 Å². The van der Waals surface area contributed by atoms with Crippen LogP contribution in [0.3, 0.4) is 0 Å². The van der Waals surface area contributed by atoms with E-state index in [1.54, 1.807) is 19.1 Å². The third kappa shape index (κ3) is 4.33. The molecule has 0 aliphatic heterocycles. The van der Waals surface area contributed by atoms with E-state index in [1.165, 1.54) is 14.0 Å². The monoisotopic (exact) mass is 409 g/mol. The lowest BCUT2D eigenvalue weighted by Gasteiger charge is -2.15. The third-order valence-electron chi connectivity index (χ3n) is 3.31. The SMILES string of the molecule is COc1cc(Cl)c(C)cc1NC(=O)C(C)Sc1nnc(C(F)(F)F)n1N. The Labute approximate surface area is 156 Å². The summed E-state index contributed by atoms with van der Waals surface area (Å²) in [6.45, 7) is 3.25. The second-order valence-electron chi connectivity index (χ2n) is 5.22. The number of amides is 1. The summed E-state index contributed by atoms with van der Waals surface area (Å²) in [5.41, 5.74) is 1.11. The minimum atomic E-state index is -4.74. The van der Waals surface area contributed by atoms with E-state index in [-0.39, 0.29) is 5.16 Å². The Hall–Kier alpha value is -2.14. The van der Waals surface area contributed by atoms with Crippen molar-refractivity contribution in [1.82, 2.24) is 14.9 Å². The maximum absolute atomic E-state index is 12.7. The Balaban J connectivity index is 2.14. The molecule has 1 unspecified atom stereocenters. The number of ether oxygens (including phenoxy) is 1. The number of halogens is 4. The van der Waals surface area contributed by atoms with Crippen LogP contribution in [0.5, 0.6) is 5.75 Å². The molecular formula is C14H15ClF3N5O2S. The molecule has 3 N–H and O–H groups in total. The van der Waals surface area contributed by atoms with Crippen molar-refractivity contribution in [2.75, 3.05) is 18.3 Å². The summed E-state index contributed by atoms with van der Waals surface area (Å²) in [4.78, 5) is 12.4. The number of aromatic nitrogens is 3. The molecule has 1 atom stereocenters. The quantitative estimate of drug-likeness (QED) is 0.582. The number of nitrogen functional groups attached to an aromatic ring is 1. The number of nitrogens with two attached hydrogens (primary N) is 1. The molecule has 1 aromatic heterocycles. The van der Waals surface area contributed by atoms with Crippen LogP contribution in [-0.4, -0.2) is 33.1 Å². The molecule has 12 heteroatoms. The lowest BCUT2D eigenvalue weighted by atomic mass is 10.2. The van der Waals surface area contributed by atoms with E-state index >= 15 is 0 Å². The van der Waals surface area contributed by atoms with Crippen LogP contribution in [0.1, 0.15) is 18.3 Å². The first-order chi connectivity index (χ1) is 12.0. The van der Waals surface area contributed by atoms with Gasteiger partial charge < -0.3 is 15.9 Å². The summed E-state index contributed by atoms with van der Waals surface area (Å²) in [5, 5.41) is 8.46. The number of benzene rings is 1. The smallest absolute Gasteiger partial charge is 0.453 e. The summed E-state index contributed by atoms with van der Waals surface area (Å²) in [7, 11) is 1.42. The number of rotatable bonds is 5. The molecule has 0 fully saturated rings. The fourth-order valence-electron chi connectivity index (χ4n) is 1.93. The van der Waals surface area contributed by atoms with Gasteiger partial charge in [-0.1, -0.05) is 23.4 Å². The van der Waals surface area contributed by atoms with Crippen LogP contribution in [0.25, 0.3) is 0 Å². The number of aryl methyl sites for hydroxylation is 1. The van der Waals surface area contributed by atoms with Crippen molar-refractivity contribution in [2.24, 2.45) is 0 Å². The van der Waals surface area contributed by atoms with Gasteiger partial charge in [-0.05, 0) is 25.5 Å². The molecule has 0 saturated heterocycles. The van der Waals surface area contributed by atoms with Gasteiger partial charge in [0.2, 0.25) is 11.1 Å². The number of hydrogen-bond donors (Lipinski definition) is 2. The molecule has 2 aromatic rings. The lowest BCUT2D eigenvalue weighted by molar-refractivity contribution is -0.146. The number of nitrogens with one attached hydrogen (secondary N) is 1. The number of thioether (sulfide) groups is 1. The summed E-state index contributed by atoms with van der Waals surface area (Å²) in [5.74, 6) is 3.89. The number of carbonyl (C=O) groups excluding carboxylic acids is 1. The highest BCUT2D eigenvalue weighted by atomic mass is 35.5. The Bertz CT molecular complexity index is 828. The highest BCUT2D eigenvalue weighted by Gasteiger charge is 2.38. The van der Waals surface area contributed by atoms with Crippen LogP contribution in [-0.2, 0) is 11.0 Å². The van der Waals surface area contributed by atoms with E-state index in [2.05, 4.69) is 15.5 Å². The number of carbonyl (C=O) groups is 1. The Morgan fingerprint density at radius 3 is 2.62 bits per heavy atom. The summed E-state index contributed by atoms with van der Waals surface area (Å²) < 4.78 is 43.5. The van der Waals surface area contributed by atoms with Crippen molar-refractivity contribution >= 4 is 35.0 Å². The predicted octanol–water partition coefficient (Wildman–Crippen LogP) is 3.10. The largest absolute Gasteiger partial charge is 0.495 e. The van der Waals surface area contributed by atoms with Crippen LogP contribution >= 0.6 is 23.4 Å². The number of alkyl halides is 3. The molecule has 7 nitrogen and oxygen atoms in total.